The molecule has 0 fully saturated rings. The van der Waals surface area contributed by atoms with Crippen LogP contribution >= 0.6 is 0 Å². The summed E-state index contributed by atoms with van der Waals surface area (Å²) in [5.41, 5.74) is 2.18. The number of nitrogens with zero attached hydrogens (tertiary/aromatic N) is 2. The van der Waals surface area contributed by atoms with Crippen LogP contribution in [0.15, 0.2) is 42.5 Å². The van der Waals surface area contributed by atoms with E-state index in [9.17, 15) is 24.8 Å². The van der Waals surface area contributed by atoms with Gasteiger partial charge >= 0.3 is 0 Å². The number of β-amino-alcohol motifs (C(OH)–C–C–N with tert-alkyl or cyclic N) is 1. The zero-order valence-corrected chi connectivity index (χ0v) is 15.6. The Morgan fingerprint density at radius 3 is 2.72 bits per heavy atom. The van der Waals surface area contributed by atoms with Gasteiger partial charge in [-0.15, -0.1) is 0 Å². The highest BCUT2D eigenvalue weighted by Gasteiger charge is 2.37. The topological polar surface area (TPSA) is 110 Å². The molecule has 0 radical (unpaired) electrons. The molecular formula is C21H20N2O6. The number of fused-ring (bicyclic) bond motifs is 2. The zero-order chi connectivity index (χ0) is 20.5. The molecule has 1 aliphatic heterocycles. The Bertz CT molecular complexity index is 989. The number of rotatable bonds is 6. The van der Waals surface area contributed by atoms with Gasteiger partial charge in [0.15, 0.2) is 0 Å². The lowest BCUT2D eigenvalue weighted by Gasteiger charge is -2.27. The lowest BCUT2D eigenvalue weighted by atomic mass is 9.89. The monoisotopic (exact) mass is 396 g/mol. The summed E-state index contributed by atoms with van der Waals surface area (Å²) in [4.78, 5) is 36.2. The second kappa shape index (κ2) is 7.73. The predicted molar refractivity (Wildman–Crippen MR) is 103 cm³/mol. The van der Waals surface area contributed by atoms with E-state index in [-0.39, 0.29) is 36.1 Å². The van der Waals surface area contributed by atoms with Gasteiger partial charge in [-0.1, -0.05) is 24.3 Å². The van der Waals surface area contributed by atoms with Gasteiger partial charge in [-0.2, -0.15) is 0 Å². The van der Waals surface area contributed by atoms with E-state index in [1.807, 2.05) is 18.2 Å². The molecule has 8 heteroatoms. The first-order valence-corrected chi connectivity index (χ1v) is 9.48. The molecule has 8 nitrogen and oxygen atoms in total. The number of nitro benzene ring substituents is 1. The highest BCUT2D eigenvalue weighted by atomic mass is 16.6. The van der Waals surface area contributed by atoms with E-state index in [0.717, 1.165) is 35.8 Å². The summed E-state index contributed by atoms with van der Waals surface area (Å²) in [6.45, 7) is -0.249. The maximum atomic E-state index is 12.5. The van der Waals surface area contributed by atoms with Crippen molar-refractivity contribution >= 4 is 17.5 Å². The fourth-order valence-electron chi connectivity index (χ4n) is 3.93. The number of aliphatic hydroxyl groups excluding tert-OH is 1. The Hall–Kier alpha value is -3.10. The molecule has 2 aliphatic rings. The third-order valence-corrected chi connectivity index (χ3v) is 5.36. The van der Waals surface area contributed by atoms with Crippen molar-refractivity contribution in [3.05, 3.63) is 74.8 Å². The number of carbonyl (C=O) groups excluding carboxylic acids is 2. The predicted octanol–water partition coefficient (Wildman–Crippen LogP) is 2.65. The number of hydrogen-bond acceptors (Lipinski definition) is 6. The van der Waals surface area contributed by atoms with Gasteiger partial charge in [-0.3, -0.25) is 24.6 Å². The van der Waals surface area contributed by atoms with Crippen molar-refractivity contribution in [1.82, 2.24) is 4.90 Å². The van der Waals surface area contributed by atoms with E-state index in [0.29, 0.717) is 0 Å². The van der Waals surface area contributed by atoms with E-state index in [2.05, 4.69) is 6.07 Å². The van der Waals surface area contributed by atoms with Crippen molar-refractivity contribution in [3.63, 3.8) is 0 Å². The molecule has 0 saturated carbocycles. The standard InChI is InChI=1S/C21H20N2O6/c24-15(12-29-19-7-3-5-13-4-1-2-6-16(13)19)11-22-20(25)17-9-8-14(23(27)28)10-18(17)21(22)26/h1-2,4,6,8-10,15,19,24H,3,5,7,11-12H2/t15-,19-/m1/s1. The quantitative estimate of drug-likeness (QED) is 0.457. The van der Waals surface area contributed by atoms with Gasteiger partial charge in [0.1, 0.15) is 0 Å². The highest BCUT2D eigenvalue weighted by molar-refractivity contribution is 6.21. The average Bonchev–Trinajstić information content (AvgIpc) is 2.96. The lowest BCUT2D eigenvalue weighted by molar-refractivity contribution is -0.384. The number of benzene rings is 2. The summed E-state index contributed by atoms with van der Waals surface area (Å²) in [7, 11) is 0. The summed E-state index contributed by atoms with van der Waals surface area (Å²) >= 11 is 0. The second-order valence-electron chi connectivity index (χ2n) is 7.27. The molecular weight excluding hydrogens is 376 g/mol. The Labute approximate surface area is 166 Å². The van der Waals surface area contributed by atoms with Crippen LogP contribution in [0.2, 0.25) is 0 Å². The van der Waals surface area contributed by atoms with Crippen LogP contribution in [0, 0.1) is 10.1 Å². The van der Waals surface area contributed by atoms with E-state index < -0.39 is 22.8 Å². The molecule has 4 rings (SSSR count). The molecule has 0 spiro atoms. The van der Waals surface area contributed by atoms with Crippen LogP contribution in [0.1, 0.15) is 50.8 Å². The van der Waals surface area contributed by atoms with Gasteiger partial charge in [0.2, 0.25) is 0 Å². The molecule has 0 bridgehead atoms. The minimum atomic E-state index is -1.05. The minimum Gasteiger partial charge on any atom is -0.389 e. The zero-order valence-electron chi connectivity index (χ0n) is 15.6. The van der Waals surface area contributed by atoms with Crippen LogP contribution in [0.3, 0.4) is 0 Å². The maximum absolute atomic E-state index is 12.5. The number of carbonyl (C=O) groups is 2. The molecule has 2 amide bonds. The van der Waals surface area contributed by atoms with Crippen molar-refractivity contribution < 1.29 is 24.4 Å². The molecule has 0 aromatic heterocycles. The minimum absolute atomic E-state index is 0.0153. The summed E-state index contributed by atoms with van der Waals surface area (Å²) < 4.78 is 5.89. The number of non-ortho nitro benzene ring substituents is 1. The molecule has 29 heavy (non-hydrogen) atoms. The highest BCUT2D eigenvalue weighted by Crippen LogP contribution is 2.32. The van der Waals surface area contributed by atoms with Crippen molar-refractivity contribution in [2.24, 2.45) is 0 Å². The smallest absolute Gasteiger partial charge is 0.270 e. The summed E-state index contributed by atoms with van der Waals surface area (Å²) in [5.74, 6) is -1.21. The molecule has 0 saturated heterocycles. The number of aryl methyl sites for hydroxylation is 1. The number of ether oxygens (including phenoxy) is 1. The Kier molecular flexibility index (Phi) is 5.12. The summed E-state index contributed by atoms with van der Waals surface area (Å²) in [5, 5.41) is 21.3. The van der Waals surface area contributed by atoms with Gasteiger partial charge in [-0.25, -0.2) is 0 Å². The molecule has 1 N–H and O–H groups in total. The third kappa shape index (κ3) is 3.64. The second-order valence-corrected chi connectivity index (χ2v) is 7.27. The Balaban J connectivity index is 1.40. The van der Waals surface area contributed by atoms with Crippen LogP contribution in [-0.4, -0.2) is 46.0 Å². The average molecular weight is 396 g/mol. The number of amides is 2. The Morgan fingerprint density at radius 2 is 1.93 bits per heavy atom. The van der Waals surface area contributed by atoms with Crippen LogP contribution in [-0.2, 0) is 11.2 Å². The van der Waals surface area contributed by atoms with Crippen molar-refractivity contribution in [3.8, 4) is 0 Å². The fraction of sp³-hybridized carbons (Fsp3) is 0.333. The van der Waals surface area contributed by atoms with Crippen molar-refractivity contribution in [2.45, 2.75) is 31.5 Å². The van der Waals surface area contributed by atoms with Gasteiger partial charge in [0, 0.05) is 12.1 Å². The maximum Gasteiger partial charge on any atom is 0.270 e. The van der Waals surface area contributed by atoms with Crippen LogP contribution in [0.4, 0.5) is 5.69 Å². The van der Waals surface area contributed by atoms with E-state index >= 15 is 0 Å². The van der Waals surface area contributed by atoms with Gasteiger partial charge in [-0.05, 0) is 36.5 Å². The Morgan fingerprint density at radius 1 is 1.17 bits per heavy atom. The van der Waals surface area contributed by atoms with E-state index in [1.54, 1.807) is 0 Å². The van der Waals surface area contributed by atoms with Crippen molar-refractivity contribution in [1.29, 1.82) is 0 Å². The normalized spacial score (nSPS) is 19.1. The molecule has 2 aromatic carbocycles. The van der Waals surface area contributed by atoms with Gasteiger partial charge in [0.25, 0.3) is 17.5 Å². The van der Waals surface area contributed by atoms with Crippen molar-refractivity contribution in [2.75, 3.05) is 13.2 Å². The number of aliphatic hydroxyl groups is 1. The largest absolute Gasteiger partial charge is 0.389 e. The van der Waals surface area contributed by atoms with Crippen LogP contribution in [0.5, 0.6) is 0 Å². The molecule has 150 valence electrons. The number of hydrogen-bond donors (Lipinski definition) is 1. The van der Waals surface area contributed by atoms with Crippen LogP contribution in [0.25, 0.3) is 0 Å². The van der Waals surface area contributed by atoms with E-state index in [1.165, 1.54) is 17.7 Å². The first-order chi connectivity index (χ1) is 14.0. The number of nitro groups is 1. The lowest BCUT2D eigenvalue weighted by Crippen LogP contribution is -2.39. The van der Waals surface area contributed by atoms with Gasteiger partial charge < -0.3 is 9.84 Å². The number of imide groups is 1. The SMILES string of the molecule is O=C1c2ccc([N+](=O)[O-])cc2C(=O)N1C[C@@H](O)CO[C@@H]1CCCc2ccccc21. The first kappa shape index (κ1) is 19.2. The fourth-order valence-corrected chi connectivity index (χ4v) is 3.93. The molecule has 2 aromatic rings. The molecule has 0 unspecified atom stereocenters. The van der Waals surface area contributed by atoms with E-state index in [4.69, 9.17) is 4.74 Å². The first-order valence-electron chi connectivity index (χ1n) is 9.48. The van der Waals surface area contributed by atoms with Crippen LogP contribution < -0.4 is 0 Å². The summed E-state index contributed by atoms with van der Waals surface area (Å²) in [6, 6.07) is 11.6. The molecule has 2 atom stereocenters. The summed E-state index contributed by atoms with van der Waals surface area (Å²) in [6.07, 6.45) is 1.66. The van der Waals surface area contributed by atoms with Gasteiger partial charge in [0.05, 0.1) is 41.4 Å². The third-order valence-electron chi connectivity index (χ3n) is 5.36. The molecule has 1 heterocycles. The molecule has 1 aliphatic carbocycles.